The van der Waals surface area contributed by atoms with Gasteiger partial charge in [0.1, 0.15) is 0 Å². The summed E-state index contributed by atoms with van der Waals surface area (Å²) in [4.78, 5) is 29.1. The fraction of sp³-hybridized carbons (Fsp3) is 0.440. The molecule has 2 amide bonds. The Hall–Kier alpha value is -2.62. The maximum Gasteiger partial charge on any atom is 0.259 e. The van der Waals surface area contributed by atoms with E-state index in [1.165, 1.54) is 0 Å². The van der Waals surface area contributed by atoms with Crippen LogP contribution < -0.4 is 10.2 Å². The molecule has 0 aromatic heterocycles. The monoisotopic (exact) mass is 390 g/mol. The first-order chi connectivity index (χ1) is 14.0. The largest absolute Gasteiger partial charge is 0.355 e. The molecule has 4 heteroatoms. The third-order valence-electron chi connectivity index (χ3n) is 6.45. The molecular formula is C25H30N2O2. The van der Waals surface area contributed by atoms with Crippen molar-refractivity contribution in [1.82, 2.24) is 5.32 Å². The zero-order chi connectivity index (χ0) is 20.4. The highest BCUT2D eigenvalue weighted by molar-refractivity contribution is 6.12. The van der Waals surface area contributed by atoms with Crippen LogP contribution in [0.2, 0.25) is 0 Å². The first-order valence-corrected chi connectivity index (χ1v) is 10.8. The Morgan fingerprint density at radius 1 is 1.07 bits per heavy atom. The molecular weight excluding hydrogens is 360 g/mol. The average molecular weight is 391 g/mol. The number of para-hydroxylation sites is 1. The van der Waals surface area contributed by atoms with Gasteiger partial charge in [-0.25, -0.2) is 0 Å². The number of amides is 2. The van der Waals surface area contributed by atoms with E-state index in [-0.39, 0.29) is 17.7 Å². The lowest BCUT2D eigenvalue weighted by Crippen LogP contribution is -2.61. The van der Waals surface area contributed by atoms with Gasteiger partial charge in [0.2, 0.25) is 5.91 Å². The minimum atomic E-state index is -0.491. The van der Waals surface area contributed by atoms with E-state index in [2.05, 4.69) is 19.2 Å². The molecule has 1 spiro atoms. The maximum atomic E-state index is 13.6. The van der Waals surface area contributed by atoms with Crippen molar-refractivity contribution >= 4 is 17.5 Å². The molecule has 2 aromatic carbocycles. The predicted octanol–water partition coefficient (Wildman–Crippen LogP) is 4.91. The van der Waals surface area contributed by atoms with Gasteiger partial charge in [-0.05, 0) is 48.9 Å². The summed E-state index contributed by atoms with van der Waals surface area (Å²) in [5.74, 6) is 0.261. The molecule has 0 radical (unpaired) electrons. The number of benzene rings is 2. The third-order valence-corrected chi connectivity index (χ3v) is 6.45. The third kappa shape index (κ3) is 3.45. The van der Waals surface area contributed by atoms with E-state index in [4.69, 9.17) is 0 Å². The molecule has 4 rings (SSSR count). The zero-order valence-electron chi connectivity index (χ0n) is 17.4. The van der Waals surface area contributed by atoms with Gasteiger partial charge >= 0.3 is 0 Å². The smallest absolute Gasteiger partial charge is 0.259 e. The van der Waals surface area contributed by atoms with Crippen LogP contribution in [-0.4, -0.2) is 23.9 Å². The molecule has 0 bridgehead atoms. The molecule has 152 valence electrons. The first-order valence-electron chi connectivity index (χ1n) is 10.8. The van der Waals surface area contributed by atoms with Gasteiger partial charge in [0, 0.05) is 17.8 Å². The zero-order valence-corrected chi connectivity index (χ0v) is 17.4. The quantitative estimate of drug-likeness (QED) is 0.789. The Balaban J connectivity index is 1.81. The van der Waals surface area contributed by atoms with Crippen LogP contribution in [0.5, 0.6) is 0 Å². The number of carbonyl (C=O) groups excluding carboxylic acids is 2. The van der Waals surface area contributed by atoms with Gasteiger partial charge in [-0.3, -0.25) is 9.59 Å². The summed E-state index contributed by atoms with van der Waals surface area (Å²) in [6, 6.07) is 17.5. The molecule has 1 aliphatic heterocycles. The number of rotatable bonds is 5. The van der Waals surface area contributed by atoms with E-state index < -0.39 is 5.54 Å². The molecule has 2 aromatic rings. The van der Waals surface area contributed by atoms with Crippen molar-refractivity contribution in [3.63, 3.8) is 0 Å². The number of fused-ring (bicyclic) bond motifs is 1. The fourth-order valence-electron chi connectivity index (χ4n) is 5.11. The van der Waals surface area contributed by atoms with Crippen molar-refractivity contribution in [2.45, 2.75) is 57.4 Å². The lowest BCUT2D eigenvalue weighted by atomic mass is 9.70. The van der Waals surface area contributed by atoms with Crippen molar-refractivity contribution < 1.29 is 9.59 Å². The topological polar surface area (TPSA) is 49.4 Å². The Labute approximate surface area is 173 Å². The number of hydrogen-bond acceptors (Lipinski definition) is 2. The molecule has 1 N–H and O–H groups in total. The fourth-order valence-corrected chi connectivity index (χ4v) is 5.11. The lowest BCUT2D eigenvalue weighted by Gasteiger charge is -2.50. The SMILES string of the molecule is CC(C)CCNC(=O)C1c2ccccc2C(=O)N(c2ccccc2)C12CCCC2. The van der Waals surface area contributed by atoms with Gasteiger partial charge in [-0.15, -0.1) is 0 Å². The number of anilines is 1. The highest BCUT2D eigenvalue weighted by Crippen LogP contribution is 2.51. The van der Waals surface area contributed by atoms with Gasteiger partial charge in [0.05, 0.1) is 11.5 Å². The normalized spacial score (nSPS) is 20.2. The van der Waals surface area contributed by atoms with Gasteiger partial charge in [0.25, 0.3) is 5.91 Å². The van der Waals surface area contributed by atoms with Gasteiger partial charge < -0.3 is 10.2 Å². The lowest BCUT2D eigenvalue weighted by molar-refractivity contribution is -0.124. The molecule has 1 atom stereocenters. The van der Waals surface area contributed by atoms with Crippen LogP contribution in [0.3, 0.4) is 0 Å². The second-order valence-electron chi connectivity index (χ2n) is 8.78. The molecule has 0 saturated heterocycles. The minimum Gasteiger partial charge on any atom is -0.355 e. The molecule has 29 heavy (non-hydrogen) atoms. The van der Waals surface area contributed by atoms with Gasteiger partial charge in [-0.2, -0.15) is 0 Å². The first kappa shape index (κ1) is 19.7. The van der Waals surface area contributed by atoms with Crippen molar-refractivity contribution in [3.05, 3.63) is 65.7 Å². The molecule has 1 heterocycles. The summed E-state index contributed by atoms with van der Waals surface area (Å²) < 4.78 is 0. The molecule has 2 aliphatic rings. The summed E-state index contributed by atoms with van der Waals surface area (Å²) in [7, 11) is 0. The van der Waals surface area contributed by atoms with E-state index in [0.29, 0.717) is 18.0 Å². The van der Waals surface area contributed by atoms with Crippen LogP contribution in [0.1, 0.15) is 67.8 Å². The summed E-state index contributed by atoms with van der Waals surface area (Å²) in [5, 5.41) is 3.19. The standard InChI is InChI=1S/C25H30N2O2/c1-18(2)14-17-26-23(28)22-20-12-6-7-13-21(20)24(29)27(19-10-4-3-5-11-19)25(22)15-8-9-16-25/h3-7,10-13,18,22H,8-9,14-17H2,1-2H3,(H,26,28). The molecule has 1 unspecified atom stereocenters. The molecule has 1 fully saturated rings. The number of nitrogens with zero attached hydrogens (tertiary/aromatic N) is 1. The minimum absolute atomic E-state index is 0.0138. The Kier molecular flexibility index (Phi) is 5.44. The van der Waals surface area contributed by atoms with Crippen LogP contribution in [0.15, 0.2) is 54.6 Å². The van der Waals surface area contributed by atoms with Crippen molar-refractivity contribution in [1.29, 1.82) is 0 Å². The second-order valence-corrected chi connectivity index (χ2v) is 8.78. The summed E-state index contributed by atoms with van der Waals surface area (Å²) in [5.41, 5.74) is 1.93. The second kappa shape index (κ2) is 8.02. The number of nitrogens with one attached hydrogen (secondary N) is 1. The number of carbonyl (C=O) groups is 2. The molecule has 1 aliphatic carbocycles. The average Bonchev–Trinajstić information content (AvgIpc) is 3.18. The van der Waals surface area contributed by atoms with Gasteiger partial charge in [0.15, 0.2) is 0 Å². The van der Waals surface area contributed by atoms with Gasteiger partial charge in [-0.1, -0.05) is 63.1 Å². The molecule has 1 saturated carbocycles. The van der Waals surface area contributed by atoms with E-state index in [1.807, 2.05) is 59.5 Å². The Bertz CT molecular complexity index is 885. The number of hydrogen-bond donors (Lipinski definition) is 1. The van der Waals surface area contributed by atoms with E-state index in [9.17, 15) is 9.59 Å². The molecule has 4 nitrogen and oxygen atoms in total. The van der Waals surface area contributed by atoms with Crippen molar-refractivity contribution in [3.8, 4) is 0 Å². The predicted molar refractivity (Wildman–Crippen MR) is 116 cm³/mol. The summed E-state index contributed by atoms with van der Waals surface area (Å²) in [6.45, 7) is 5.00. The van der Waals surface area contributed by atoms with Crippen LogP contribution in [0.25, 0.3) is 0 Å². The van der Waals surface area contributed by atoms with Crippen LogP contribution in [0, 0.1) is 5.92 Å². The van der Waals surface area contributed by atoms with Crippen molar-refractivity contribution in [2.24, 2.45) is 5.92 Å². The van der Waals surface area contributed by atoms with Crippen LogP contribution >= 0.6 is 0 Å². The van der Waals surface area contributed by atoms with Crippen LogP contribution in [0.4, 0.5) is 5.69 Å². The van der Waals surface area contributed by atoms with Crippen LogP contribution in [-0.2, 0) is 4.79 Å². The highest BCUT2D eigenvalue weighted by atomic mass is 16.2. The Morgan fingerprint density at radius 2 is 1.72 bits per heavy atom. The van der Waals surface area contributed by atoms with E-state index in [0.717, 1.165) is 43.4 Å². The maximum absolute atomic E-state index is 13.6. The Morgan fingerprint density at radius 3 is 2.41 bits per heavy atom. The van der Waals surface area contributed by atoms with Crippen molar-refractivity contribution in [2.75, 3.05) is 11.4 Å². The van der Waals surface area contributed by atoms with E-state index in [1.54, 1.807) is 0 Å². The summed E-state index contributed by atoms with van der Waals surface area (Å²) >= 11 is 0. The highest BCUT2D eigenvalue weighted by Gasteiger charge is 2.56. The van der Waals surface area contributed by atoms with E-state index >= 15 is 0 Å². The summed E-state index contributed by atoms with van der Waals surface area (Å²) in [6.07, 6.45) is 4.73.